The lowest BCUT2D eigenvalue weighted by Crippen LogP contribution is -2.23. The quantitative estimate of drug-likeness (QED) is 0.770. The minimum atomic E-state index is -0.130. The highest BCUT2D eigenvalue weighted by atomic mass is 16.5. The number of ether oxygens (including phenoxy) is 1. The van der Waals surface area contributed by atoms with Gasteiger partial charge in [-0.15, -0.1) is 0 Å². The van der Waals surface area contributed by atoms with Crippen LogP contribution in [0.2, 0.25) is 0 Å². The van der Waals surface area contributed by atoms with Crippen molar-refractivity contribution in [1.82, 2.24) is 0 Å². The molecule has 0 spiro atoms. The van der Waals surface area contributed by atoms with Gasteiger partial charge in [-0.25, -0.2) is 0 Å². The number of benzene rings is 1. The van der Waals surface area contributed by atoms with Gasteiger partial charge in [-0.05, 0) is 36.8 Å². The number of carbonyl (C=O) groups is 1. The third-order valence-electron chi connectivity index (χ3n) is 3.55. The summed E-state index contributed by atoms with van der Waals surface area (Å²) in [7, 11) is 0. The number of esters is 1. The van der Waals surface area contributed by atoms with E-state index in [-0.39, 0.29) is 24.4 Å². The van der Waals surface area contributed by atoms with E-state index < -0.39 is 0 Å². The zero-order valence-corrected chi connectivity index (χ0v) is 12.1. The summed E-state index contributed by atoms with van der Waals surface area (Å²) in [5.41, 5.74) is 2.37. The summed E-state index contributed by atoms with van der Waals surface area (Å²) in [6.07, 6.45) is 1.49. The molecule has 2 atom stereocenters. The molecule has 1 rings (SSSR count). The van der Waals surface area contributed by atoms with E-state index in [0.29, 0.717) is 13.0 Å². The zero-order valence-electron chi connectivity index (χ0n) is 12.1. The Balaban J connectivity index is 2.70. The fourth-order valence-corrected chi connectivity index (χ4v) is 2.15. The average molecular weight is 264 g/mol. The van der Waals surface area contributed by atoms with E-state index >= 15 is 0 Å². The minimum Gasteiger partial charge on any atom is -0.466 e. The summed E-state index contributed by atoms with van der Waals surface area (Å²) in [6.45, 7) is 6.39. The molecule has 19 heavy (non-hydrogen) atoms. The molecule has 0 fully saturated rings. The maximum Gasteiger partial charge on any atom is 0.308 e. The molecule has 2 unspecified atom stereocenters. The normalized spacial score (nSPS) is 13.9. The Morgan fingerprint density at radius 1 is 1.26 bits per heavy atom. The number of rotatable bonds is 7. The number of carbonyl (C=O) groups excluding carboxylic acids is 1. The first-order chi connectivity index (χ1) is 9.10. The molecule has 0 amide bonds. The molecule has 0 aliphatic rings. The third kappa shape index (κ3) is 4.67. The summed E-state index contributed by atoms with van der Waals surface area (Å²) in [4.78, 5) is 11.7. The molecule has 0 saturated heterocycles. The van der Waals surface area contributed by atoms with Crippen molar-refractivity contribution in [1.29, 1.82) is 0 Å². The summed E-state index contributed by atoms with van der Waals surface area (Å²) < 4.78 is 5.06. The van der Waals surface area contributed by atoms with Crippen molar-refractivity contribution < 1.29 is 14.6 Å². The Morgan fingerprint density at radius 3 is 2.47 bits per heavy atom. The number of aliphatic hydroxyl groups is 1. The van der Waals surface area contributed by atoms with Crippen LogP contribution < -0.4 is 0 Å². The molecule has 1 aromatic rings. The van der Waals surface area contributed by atoms with Crippen molar-refractivity contribution in [3.05, 3.63) is 35.4 Å². The molecule has 106 valence electrons. The van der Waals surface area contributed by atoms with Crippen molar-refractivity contribution in [2.24, 2.45) is 11.8 Å². The van der Waals surface area contributed by atoms with E-state index in [1.165, 1.54) is 5.56 Å². The lowest BCUT2D eigenvalue weighted by atomic mass is 9.87. The monoisotopic (exact) mass is 264 g/mol. The van der Waals surface area contributed by atoms with Crippen LogP contribution in [0.4, 0.5) is 0 Å². The van der Waals surface area contributed by atoms with Gasteiger partial charge in [0.15, 0.2) is 0 Å². The van der Waals surface area contributed by atoms with Crippen LogP contribution in [0.25, 0.3) is 0 Å². The zero-order chi connectivity index (χ0) is 14.3. The second kappa shape index (κ2) is 7.95. The van der Waals surface area contributed by atoms with Gasteiger partial charge in [-0.3, -0.25) is 4.79 Å². The van der Waals surface area contributed by atoms with Crippen molar-refractivity contribution in [2.75, 3.05) is 13.2 Å². The van der Waals surface area contributed by atoms with Gasteiger partial charge >= 0.3 is 5.97 Å². The third-order valence-corrected chi connectivity index (χ3v) is 3.55. The molecule has 3 nitrogen and oxygen atoms in total. The maximum absolute atomic E-state index is 11.7. The van der Waals surface area contributed by atoms with E-state index in [0.717, 1.165) is 12.0 Å². The van der Waals surface area contributed by atoms with Crippen molar-refractivity contribution in [3.8, 4) is 0 Å². The predicted molar refractivity (Wildman–Crippen MR) is 75.9 cm³/mol. The Labute approximate surface area is 115 Å². The molecule has 0 aliphatic carbocycles. The van der Waals surface area contributed by atoms with Crippen LogP contribution in [0.5, 0.6) is 0 Å². The summed E-state index contributed by atoms with van der Waals surface area (Å²) in [6, 6.07) is 8.08. The Hall–Kier alpha value is -1.35. The van der Waals surface area contributed by atoms with Gasteiger partial charge in [0.25, 0.3) is 0 Å². The van der Waals surface area contributed by atoms with E-state index in [9.17, 15) is 4.79 Å². The smallest absolute Gasteiger partial charge is 0.308 e. The molecule has 3 heteroatoms. The average Bonchev–Trinajstić information content (AvgIpc) is 2.40. The largest absolute Gasteiger partial charge is 0.466 e. The second-order valence-corrected chi connectivity index (χ2v) is 4.96. The summed E-state index contributed by atoms with van der Waals surface area (Å²) in [5.74, 6) is -0.0179. The molecular weight excluding hydrogens is 240 g/mol. The Kier molecular flexibility index (Phi) is 6.57. The van der Waals surface area contributed by atoms with E-state index in [4.69, 9.17) is 9.84 Å². The Bertz CT molecular complexity index is 401. The van der Waals surface area contributed by atoms with Crippen LogP contribution in [-0.2, 0) is 22.4 Å². The lowest BCUT2D eigenvalue weighted by molar-refractivity contribution is -0.149. The maximum atomic E-state index is 11.7. The minimum absolute atomic E-state index is 0.109. The first-order valence-electron chi connectivity index (χ1n) is 6.94. The number of aliphatic hydroxyl groups excluding tert-OH is 1. The van der Waals surface area contributed by atoms with Crippen molar-refractivity contribution in [3.63, 3.8) is 0 Å². The van der Waals surface area contributed by atoms with E-state index in [2.05, 4.69) is 13.0 Å². The Morgan fingerprint density at radius 2 is 1.89 bits per heavy atom. The van der Waals surface area contributed by atoms with Crippen LogP contribution in [-0.4, -0.2) is 24.3 Å². The molecule has 1 aromatic carbocycles. The molecule has 0 aliphatic heterocycles. The molecule has 0 radical (unpaired) electrons. The first kappa shape index (κ1) is 15.7. The fraction of sp³-hybridized carbons (Fsp3) is 0.562. The van der Waals surface area contributed by atoms with E-state index in [1.54, 1.807) is 0 Å². The molecule has 1 N–H and O–H groups in total. The number of hydrogen-bond acceptors (Lipinski definition) is 3. The molecule has 0 saturated carbocycles. The molecule has 0 aromatic heterocycles. The number of hydrogen-bond donors (Lipinski definition) is 1. The highest BCUT2D eigenvalue weighted by molar-refractivity contribution is 5.72. The highest BCUT2D eigenvalue weighted by Crippen LogP contribution is 2.21. The molecule has 0 bridgehead atoms. The SMILES string of the molecule is CCOC(=O)C(C)C(C)Cc1ccccc1CCO. The van der Waals surface area contributed by atoms with Crippen molar-refractivity contribution >= 4 is 5.97 Å². The molecular formula is C16H24O3. The summed E-state index contributed by atoms with van der Waals surface area (Å²) >= 11 is 0. The van der Waals surface area contributed by atoms with E-state index in [1.807, 2.05) is 32.0 Å². The van der Waals surface area contributed by atoms with Gasteiger partial charge in [0.1, 0.15) is 0 Å². The topological polar surface area (TPSA) is 46.5 Å². The fourth-order valence-electron chi connectivity index (χ4n) is 2.15. The van der Waals surface area contributed by atoms with Gasteiger partial charge < -0.3 is 9.84 Å². The molecule has 0 heterocycles. The highest BCUT2D eigenvalue weighted by Gasteiger charge is 2.22. The standard InChI is InChI=1S/C16H24O3/c1-4-19-16(18)13(3)12(2)11-15-8-6-5-7-14(15)9-10-17/h5-8,12-13,17H,4,9-11H2,1-3H3. The van der Waals surface area contributed by atoms with Gasteiger partial charge in [-0.1, -0.05) is 38.1 Å². The lowest BCUT2D eigenvalue weighted by Gasteiger charge is -2.19. The predicted octanol–water partition coefficient (Wildman–Crippen LogP) is 2.60. The second-order valence-electron chi connectivity index (χ2n) is 4.96. The van der Waals surface area contributed by atoms with Crippen LogP contribution in [0, 0.1) is 11.8 Å². The van der Waals surface area contributed by atoms with Gasteiger partial charge in [0.2, 0.25) is 0 Å². The van der Waals surface area contributed by atoms with Gasteiger partial charge in [0, 0.05) is 6.61 Å². The van der Waals surface area contributed by atoms with Crippen LogP contribution >= 0.6 is 0 Å². The summed E-state index contributed by atoms with van der Waals surface area (Å²) in [5, 5.41) is 9.07. The first-order valence-corrected chi connectivity index (χ1v) is 6.94. The van der Waals surface area contributed by atoms with Crippen molar-refractivity contribution in [2.45, 2.75) is 33.6 Å². The van der Waals surface area contributed by atoms with Crippen LogP contribution in [0.1, 0.15) is 31.9 Å². The van der Waals surface area contributed by atoms with Crippen LogP contribution in [0.15, 0.2) is 24.3 Å². The van der Waals surface area contributed by atoms with Crippen LogP contribution in [0.3, 0.4) is 0 Å². The van der Waals surface area contributed by atoms with Gasteiger partial charge in [0.05, 0.1) is 12.5 Å². The van der Waals surface area contributed by atoms with Gasteiger partial charge in [-0.2, -0.15) is 0 Å².